The average molecular weight is 466 g/mol. The number of alkyl halides is 1. The number of anilines is 1. The number of aromatic nitrogens is 4. The van der Waals surface area contributed by atoms with Gasteiger partial charge in [0.2, 0.25) is 5.82 Å². The van der Waals surface area contributed by atoms with Crippen molar-refractivity contribution in [2.75, 3.05) is 12.0 Å². The lowest BCUT2D eigenvalue weighted by Gasteiger charge is -2.47. The van der Waals surface area contributed by atoms with Gasteiger partial charge in [0.1, 0.15) is 18.1 Å². The molecule has 2 aromatic rings. The van der Waals surface area contributed by atoms with Crippen LogP contribution in [0, 0.1) is 35.9 Å². The fraction of sp³-hybridized carbons (Fsp3) is 0.429. The Morgan fingerprint density at radius 1 is 1.31 bits per heavy atom. The highest BCUT2D eigenvalue weighted by molar-refractivity contribution is 6.29. The number of H-pyrrole nitrogens is 1. The van der Waals surface area contributed by atoms with E-state index < -0.39 is 41.4 Å². The summed E-state index contributed by atoms with van der Waals surface area (Å²) in [6.45, 7) is -1.06. The Morgan fingerprint density at radius 3 is 2.62 bits per heavy atom. The number of fused-ring (bicyclic) bond motifs is 3. The lowest BCUT2D eigenvalue weighted by atomic mass is 9.61. The number of carboxylic acids is 1. The second kappa shape index (κ2) is 8.82. The number of aliphatic carboxylic acids is 1. The largest absolute Gasteiger partial charge is 0.481 e. The van der Waals surface area contributed by atoms with Crippen molar-refractivity contribution in [3.05, 3.63) is 28.3 Å². The smallest absolute Gasteiger partial charge is 0.308 e. The highest BCUT2D eigenvalue weighted by Gasteiger charge is 2.47. The summed E-state index contributed by atoms with van der Waals surface area (Å²) in [5, 5.41) is 18.4. The number of carboxylic acid groups (broad SMARTS) is 1. The van der Waals surface area contributed by atoms with E-state index in [4.69, 9.17) is 18.0 Å². The number of hydrogen-bond acceptors (Lipinski definition) is 5. The summed E-state index contributed by atoms with van der Waals surface area (Å²) in [5.74, 6) is -1.67. The monoisotopic (exact) mass is 465 g/mol. The van der Waals surface area contributed by atoms with Crippen LogP contribution in [0.2, 0.25) is 5.15 Å². The Bertz CT molecular complexity index is 1120. The van der Waals surface area contributed by atoms with Gasteiger partial charge in [-0.1, -0.05) is 17.5 Å². The Labute approximate surface area is 186 Å². The van der Waals surface area contributed by atoms with Crippen molar-refractivity contribution < 1.29 is 23.1 Å². The number of terminal acetylenes is 1. The van der Waals surface area contributed by atoms with Crippen molar-refractivity contribution in [2.24, 2.45) is 17.8 Å². The number of aromatic amines is 1. The van der Waals surface area contributed by atoms with Crippen LogP contribution >= 0.6 is 11.6 Å². The summed E-state index contributed by atoms with van der Waals surface area (Å²) in [6, 6.07) is -0.525. The van der Waals surface area contributed by atoms with Crippen molar-refractivity contribution in [1.29, 1.82) is 0 Å². The molecule has 2 heterocycles. The van der Waals surface area contributed by atoms with E-state index >= 15 is 0 Å². The minimum Gasteiger partial charge on any atom is -0.481 e. The van der Waals surface area contributed by atoms with Crippen LogP contribution in [0.5, 0.6) is 0 Å². The molecule has 0 aromatic carbocycles. The van der Waals surface area contributed by atoms with E-state index in [-0.39, 0.29) is 40.4 Å². The third-order valence-corrected chi connectivity index (χ3v) is 6.49. The second-order valence-electron chi connectivity index (χ2n) is 7.88. The zero-order chi connectivity index (χ0) is 23.0. The van der Waals surface area contributed by atoms with Crippen LogP contribution in [0.25, 0.3) is 17.3 Å². The maximum absolute atomic E-state index is 14.8. The molecule has 5 rings (SSSR count). The quantitative estimate of drug-likeness (QED) is 0.436. The van der Waals surface area contributed by atoms with E-state index in [0.717, 1.165) is 25.7 Å². The van der Waals surface area contributed by atoms with E-state index in [1.165, 1.54) is 0 Å². The average Bonchev–Trinajstić information content (AvgIpc) is 3.21. The Kier molecular flexibility index (Phi) is 6.11. The van der Waals surface area contributed by atoms with Gasteiger partial charge in [-0.3, -0.25) is 9.89 Å². The van der Waals surface area contributed by atoms with Crippen LogP contribution in [-0.4, -0.2) is 44.0 Å². The highest BCUT2D eigenvalue weighted by Crippen LogP contribution is 2.46. The molecular weight excluding hydrogens is 447 g/mol. The number of hydrogen-bond donors (Lipinski definition) is 3. The molecule has 3 saturated carbocycles. The first-order valence-corrected chi connectivity index (χ1v) is 10.4. The maximum Gasteiger partial charge on any atom is 0.308 e. The highest BCUT2D eigenvalue weighted by atomic mass is 35.5. The standard InChI is InChI=1S/C21H19ClF3N5O2/c1-2-11-16(12(24)7-8-23)29-30-17(11)20-27-18(22)14(25)19(28-20)26-15-10-5-3-9(4-6-10)13(15)21(31)32/h1,7,9-10,13,15H,3-6,8H2,(H,29,30)(H,31,32)(H,26,27,28)/b12-7+/t9?,10?,13-,15-/m0/s1. The number of nitrogens with zero attached hydrogens (tertiary/aromatic N) is 3. The van der Waals surface area contributed by atoms with Crippen molar-refractivity contribution in [3.63, 3.8) is 0 Å². The first-order chi connectivity index (χ1) is 15.3. The van der Waals surface area contributed by atoms with Gasteiger partial charge >= 0.3 is 5.97 Å². The molecule has 3 aliphatic carbocycles. The predicted molar refractivity (Wildman–Crippen MR) is 112 cm³/mol. The van der Waals surface area contributed by atoms with Gasteiger partial charge in [0.25, 0.3) is 0 Å². The molecule has 0 amide bonds. The molecule has 0 saturated heterocycles. The van der Waals surface area contributed by atoms with Gasteiger partial charge in [0.15, 0.2) is 22.6 Å². The lowest BCUT2D eigenvalue weighted by molar-refractivity contribution is -0.148. The van der Waals surface area contributed by atoms with E-state index in [1.807, 2.05) is 0 Å². The molecule has 11 heteroatoms. The van der Waals surface area contributed by atoms with Crippen molar-refractivity contribution in [1.82, 2.24) is 20.2 Å². The third kappa shape index (κ3) is 3.81. The van der Waals surface area contributed by atoms with Crippen LogP contribution in [0.3, 0.4) is 0 Å². The van der Waals surface area contributed by atoms with Crippen LogP contribution < -0.4 is 5.32 Å². The molecule has 0 radical (unpaired) electrons. The minimum absolute atomic E-state index is 0.00307. The van der Waals surface area contributed by atoms with Crippen LogP contribution in [0.4, 0.5) is 19.0 Å². The molecule has 3 N–H and O–H groups in total. The first-order valence-electron chi connectivity index (χ1n) is 10.0. The summed E-state index contributed by atoms with van der Waals surface area (Å²) < 4.78 is 41.4. The molecule has 2 aromatic heterocycles. The normalized spacial score (nSPS) is 24.9. The zero-order valence-electron chi connectivity index (χ0n) is 16.7. The van der Waals surface area contributed by atoms with Gasteiger partial charge in [-0.25, -0.2) is 18.7 Å². The van der Waals surface area contributed by atoms with Gasteiger partial charge in [-0.2, -0.15) is 9.49 Å². The van der Waals surface area contributed by atoms with E-state index in [9.17, 15) is 23.1 Å². The Balaban J connectivity index is 1.73. The SMILES string of the molecule is C#Cc1c(/C(F)=C\CF)n[nH]c1-c1nc(Cl)c(F)c(N[C@H]2C3CCC(CC3)[C@@H]2C(=O)O)n1. The predicted octanol–water partition coefficient (Wildman–Crippen LogP) is 4.22. The second-order valence-corrected chi connectivity index (χ2v) is 8.24. The molecule has 2 atom stereocenters. The van der Waals surface area contributed by atoms with Crippen LogP contribution in [0.15, 0.2) is 6.08 Å². The number of nitrogens with one attached hydrogen (secondary N) is 2. The molecule has 3 fully saturated rings. The molecule has 168 valence electrons. The molecule has 32 heavy (non-hydrogen) atoms. The van der Waals surface area contributed by atoms with Crippen molar-refractivity contribution in [2.45, 2.75) is 31.7 Å². The molecule has 2 bridgehead atoms. The van der Waals surface area contributed by atoms with Gasteiger partial charge in [-0.05, 0) is 43.6 Å². The summed E-state index contributed by atoms with van der Waals surface area (Å²) in [6.07, 6.45) is 9.45. The number of rotatable bonds is 6. The lowest BCUT2D eigenvalue weighted by Crippen LogP contribution is -2.51. The van der Waals surface area contributed by atoms with Gasteiger partial charge in [0.05, 0.1) is 11.5 Å². The van der Waals surface area contributed by atoms with Gasteiger partial charge in [-0.15, -0.1) is 6.42 Å². The van der Waals surface area contributed by atoms with E-state index in [1.54, 1.807) is 0 Å². The maximum atomic E-state index is 14.8. The van der Waals surface area contributed by atoms with E-state index in [0.29, 0.717) is 6.08 Å². The number of allylic oxidation sites excluding steroid dienone is 1. The summed E-state index contributed by atoms with van der Waals surface area (Å²) in [7, 11) is 0. The molecule has 7 nitrogen and oxygen atoms in total. The van der Waals surface area contributed by atoms with Gasteiger partial charge in [0, 0.05) is 6.04 Å². The summed E-state index contributed by atoms with van der Waals surface area (Å²) in [4.78, 5) is 19.9. The third-order valence-electron chi connectivity index (χ3n) is 6.24. The minimum atomic E-state index is -1.06. The number of carbonyl (C=O) groups is 1. The first kappa shape index (κ1) is 22.1. The van der Waals surface area contributed by atoms with Crippen LogP contribution in [0.1, 0.15) is 36.9 Å². The molecule has 3 aliphatic rings. The fourth-order valence-corrected chi connectivity index (χ4v) is 4.95. The molecule has 0 spiro atoms. The van der Waals surface area contributed by atoms with Crippen LogP contribution in [-0.2, 0) is 4.79 Å². The van der Waals surface area contributed by atoms with Crippen molar-refractivity contribution >= 4 is 29.2 Å². The summed E-state index contributed by atoms with van der Waals surface area (Å²) >= 11 is 5.98. The molecule has 0 unspecified atom stereocenters. The number of halogens is 4. The van der Waals surface area contributed by atoms with Gasteiger partial charge < -0.3 is 10.4 Å². The summed E-state index contributed by atoms with van der Waals surface area (Å²) in [5.41, 5.74) is -0.398. The Hall–Kier alpha value is -3.06. The zero-order valence-corrected chi connectivity index (χ0v) is 17.5. The fourth-order valence-electron chi connectivity index (χ4n) is 4.78. The Morgan fingerprint density at radius 2 is 2.00 bits per heavy atom. The van der Waals surface area contributed by atoms with E-state index in [2.05, 4.69) is 31.4 Å². The molecular formula is C21H19ClF3N5O2. The topological polar surface area (TPSA) is 104 Å². The van der Waals surface area contributed by atoms with Crippen molar-refractivity contribution in [3.8, 4) is 23.9 Å². The molecule has 0 aliphatic heterocycles.